The van der Waals surface area contributed by atoms with E-state index < -0.39 is 5.54 Å². The number of hydrogen-bond donors (Lipinski definition) is 1. The first-order chi connectivity index (χ1) is 10.0. The van der Waals surface area contributed by atoms with Gasteiger partial charge >= 0.3 is 0 Å². The van der Waals surface area contributed by atoms with Gasteiger partial charge in [0.15, 0.2) is 0 Å². The van der Waals surface area contributed by atoms with Crippen molar-refractivity contribution in [3.05, 3.63) is 41.0 Å². The molecule has 1 aromatic carbocycles. The second kappa shape index (κ2) is 6.11. The van der Waals surface area contributed by atoms with Gasteiger partial charge < -0.3 is 5.32 Å². The van der Waals surface area contributed by atoms with Crippen LogP contribution < -0.4 is 5.32 Å². The van der Waals surface area contributed by atoms with Gasteiger partial charge in [-0.15, -0.1) is 0 Å². The summed E-state index contributed by atoms with van der Waals surface area (Å²) in [7, 11) is 0. The number of rotatable bonds is 4. The Kier molecular flexibility index (Phi) is 4.44. The van der Waals surface area contributed by atoms with Crippen molar-refractivity contribution in [2.75, 3.05) is 0 Å². The predicted octanol–water partition coefficient (Wildman–Crippen LogP) is 3.70. The number of aromatic nitrogens is 1. The number of benzene rings is 1. The van der Waals surface area contributed by atoms with Crippen LogP contribution in [0.5, 0.6) is 0 Å². The van der Waals surface area contributed by atoms with E-state index in [1.54, 1.807) is 6.07 Å². The van der Waals surface area contributed by atoms with E-state index in [-0.39, 0.29) is 11.6 Å². The van der Waals surface area contributed by atoms with E-state index in [1.165, 1.54) is 6.07 Å². The maximum atomic E-state index is 12.3. The molecule has 0 aliphatic rings. The summed E-state index contributed by atoms with van der Waals surface area (Å²) in [5, 5.41) is 13.3. The van der Waals surface area contributed by atoms with Gasteiger partial charge in [-0.3, -0.25) is 4.79 Å². The van der Waals surface area contributed by atoms with Gasteiger partial charge in [0, 0.05) is 5.39 Å². The average molecular weight is 302 g/mol. The van der Waals surface area contributed by atoms with E-state index >= 15 is 0 Å². The quantitative estimate of drug-likeness (QED) is 0.936. The Bertz CT molecular complexity index is 717. The topological polar surface area (TPSA) is 65.8 Å². The summed E-state index contributed by atoms with van der Waals surface area (Å²) in [6.07, 6.45) is 1.07. The molecule has 0 atom stereocenters. The van der Waals surface area contributed by atoms with Crippen LogP contribution in [0.2, 0.25) is 5.02 Å². The number of nitriles is 1. The highest BCUT2D eigenvalue weighted by atomic mass is 35.5. The molecule has 0 saturated carbocycles. The van der Waals surface area contributed by atoms with Crippen LogP contribution in [0.15, 0.2) is 30.3 Å². The van der Waals surface area contributed by atoms with Crippen LogP contribution in [0.4, 0.5) is 0 Å². The van der Waals surface area contributed by atoms with Crippen molar-refractivity contribution in [3.63, 3.8) is 0 Å². The van der Waals surface area contributed by atoms with E-state index in [1.807, 2.05) is 32.0 Å². The molecule has 2 rings (SSSR count). The number of nitrogens with one attached hydrogen (secondary N) is 1. The lowest BCUT2D eigenvalue weighted by Crippen LogP contribution is -2.46. The zero-order valence-electron chi connectivity index (χ0n) is 12.0. The molecule has 0 spiro atoms. The van der Waals surface area contributed by atoms with Crippen LogP contribution in [-0.2, 0) is 0 Å². The third kappa shape index (κ3) is 2.98. The molecule has 0 saturated heterocycles. The maximum absolute atomic E-state index is 12.3. The van der Waals surface area contributed by atoms with Crippen LogP contribution in [0, 0.1) is 11.3 Å². The second-order valence-electron chi connectivity index (χ2n) is 4.86. The minimum Gasteiger partial charge on any atom is -0.332 e. The average Bonchev–Trinajstić information content (AvgIpc) is 2.52. The Morgan fingerprint density at radius 3 is 2.67 bits per heavy atom. The van der Waals surface area contributed by atoms with Crippen molar-refractivity contribution in [3.8, 4) is 6.07 Å². The van der Waals surface area contributed by atoms with Crippen molar-refractivity contribution < 1.29 is 4.79 Å². The molecule has 1 aromatic heterocycles. The molecule has 21 heavy (non-hydrogen) atoms. The van der Waals surface area contributed by atoms with Crippen LogP contribution in [0.1, 0.15) is 37.2 Å². The molecule has 0 bridgehead atoms. The number of amides is 1. The maximum Gasteiger partial charge on any atom is 0.271 e. The molecule has 1 heterocycles. The van der Waals surface area contributed by atoms with E-state index in [0.29, 0.717) is 23.4 Å². The van der Waals surface area contributed by atoms with E-state index in [4.69, 9.17) is 11.6 Å². The predicted molar refractivity (Wildman–Crippen MR) is 83.1 cm³/mol. The molecular weight excluding hydrogens is 286 g/mol. The molecule has 2 aromatic rings. The van der Waals surface area contributed by atoms with E-state index in [0.717, 1.165) is 5.39 Å². The SMILES string of the molecule is CCC(C#N)(CC)NC(=O)c1cc(Cl)c2ccccc2n1. The van der Waals surface area contributed by atoms with Crippen LogP contribution in [-0.4, -0.2) is 16.4 Å². The highest BCUT2D eigenvalue weighted by molar-refractivity contribution is 6.35. The second-order valence-corrected chi connectivity index (χ2v) is 5.27. The first-order valence-corrected chi connectivity index (χ1v) is 7.22. The Balaban J connectivity index is 2.38. The van der Waals surface area contributed by atoms with Crippen LogP contribution in [0.25, 0.3) is 10.9 Å². The van der Waals surface area contributed by atoms with Crippen molar-refractivity contribution in [1.29, 1.82) is 5.26 Å². The summed E-state index contributed by atoms with van der Waals surface area (Å²) in [4.78, 5) is 16.7. The van der Waals surface area contributed by atoms with Gasteiger partial charge in [-0.1, -0.05) is 43.6 Å². The molecule has 4 nitrogen and oxygen atoms in total. The van der Waals surface area contributed by atoms with Gasteiger partial charge in [-0.05, 0) is 25.0 Å². The highest BCUT2D eigenvalue weighted by Gasteiger charge is 2.28. The number of hydrogen-bond acceptors (Lipinski definition) is 3. The standard InChI is InChI=1S/C16H16ClN3O/c1-3-16(4-2,10-18)20-15(21)14-9-12(17)11-7-5-6-8-13(11)19-14/h5-9H,3-4H2,1-2H3,(H,20,21). The molecule has 0 radical (unpaired) electrons. The third-order valence-corrected chi connectivity index (χ3v) is 3.98. The molecule has 0 fully saturated rings. The summed E-state index contributed by atoms with van der Waals surface area (Å²) < 4.78 is 0. The fourth-order valence-corrected chi connectivity index (χ4v) is 2.41. The van der Waals surface area contributed by atoms with Gasteiger partial charge in [-0.25, -0.2) is 4.98 Å². The Morgan fingerprint density at radius 1 is 1.38 bits per heavy atom. The van der Waals surface area contributed by atoms with Gasteiger partial charge in [0.25, 0.3) is 5.91 Å². The zero-order chi connectivity index (χ0) is 15.5. The van der Waals surface area contributed by atoms with Gasteiger partial charge in [-0.2, -0.15) is 5.26 Å². The molecule has 0 unspecified atom stereocenters. The minimum atomic E-state index is -0.864. The normalized spacial score (nSPS) is 11.1. The van der Waals surface area contributed by atoms with Crippen molar-refractivity contribution in [2.24, 2.45) is 0 Å². The summed E-state index contributed by atoms with van der Waals surface area (Å²) in [6, 6.07) is 11.1. The first kappa shape index (κ1) is 15.3. The molecule has 5 heteroatoms. The summed E-state index contributed by atoms with van der Waals surface area (Å²) in [5.41, 5.74) is 0.0163. The van der Waals surface area contributed by atoms with Crippen LogP contribution >= 0.6 is 11.6 Å². The lowest BCUT2D eigenvalue weighted by atomic mass is 9.94. The minimum absolute atomic E-state index is 0.222. The number of carbonyl (C=O) groups is 1. The molecule has 0 aliphatic carbocycles. The third-order valence-electron chi connectivity index (χ3n) is 3.67. The lowest BCUT2D eigenvalue weighted by molar-refractivity contribution is 0.0911. The molecule has 0 aliphatic heterocycles. The number of fused-ring (bicyclic) bond motifs is 1. The van der Waals surface area contributed by atoms with Crippen molar-refractivity contribution >= 4 is 28.4 Å². The number of carbonyl (C=O) groups excluding carboxylic acids is 1. The fraction of sp³-hybridized carbons (Fsp3) is 0.312. The number of para-hydroxylation sites is 1. The monoisotopic (exact) mass is 301 g/mol. The van der Waals surface area contributed by atoms with Gasteiger partial charge in [0.2, 0.25) is 0 Å². The summed E-state index contributed by atoms with van der Waals surface area (Å²) >= 11 is 6.19. The molecular formula is C16H16ClN3O. The zero-order valence-corrected chi connectivity index (χ0v) is 12.7. The Hall–Kier alpha value is -2.12. The molecule has 108 valence electrons. The Labute approximate surface area is 128 Å². The Morgan fingerprint density at radius 2 is 2.05 bits per heavy atom. The largest absolute Gasteiger partial charge is 0.332 e. The number of nitrogens with zero attached hydrogens (tertiary/aromatic N) is 2. The van der Waals surface area contributed by atoms with E-state index in [9.17, 15) is 10.1 Å². The fourth-order valence-electron chi connectivity index (χ4n) is 2.14. The van der Waals surface area contributed by atoms with Crippen molar-refractivity contribution in [1.82, 2.24) is 10.3 Å². The summed E-state index contributed by atoms with van der Waals surface area (Å²) in [6.45, 7) is 3.74. The van der Waals surface area contributed by atoms with Crippen molar-refractivity contribution in [2.45, 2.75) is 32.2 Å². The lowest BCUT2D eigenvalue weighted by Gasteiger charge is -2.24. The van der Waals surface area contributed by atoms with Gasteiger partial charge in [0.05, 0.1) is 16.6 Å². The molecule has 1 N–H and O–H groups in total. The highest BCUT2D eigenvalue weighted by Crippen LogP contribution is 2.23. The summed E-state index contributed by atoms with van der Waals surface area (Å²) in [5.74, 6) is -0.382. The smallest absolute Gasteiger partial charge is 0.271 e. The number of halogens is 1. The first-order valence-electron chi connectivity index (χ1n) is 6.84. The van der Waals surface area contributed by atoms with Crippen LogP contribution in [0.3, 0.4) is 0 Å². The van der Waals surface area contributed by atoms with Gasteiger partial charge in [0.1, 0.15) is 11.2 Å². The van der Waals surface area contributed by atoms with E-state index in [2.05, 4.69) is 16.4 Å². The number of pyridine rings is 1. The molecule has 1 amide bonds.